The van der Waals surface area contributed by atoms with Crippen molar-refractivity contribution in [2.75, 3.05) is 19.6 Å². The first-order valence-corrected chi connectivity index (χ1v) is 6.19. The maximum absolute atomic E-state index is 14.2. The minimum atomic E-state index is -1.47. The van der Waals surface area contributed by atoms with Gasteiger partial charge in [0.2, 0.25) is 0 Å². The zero-order chi connectivity index (χ0) is 13.7. The van der Waals surface area contributed by atoms with E-state index in [4.69, 9.17) is 5.53 Å². The van der Waals surface area contributed by atoms with E-state index < -0.39 is 5.67 Å². The van der Waals surface area contributed by atoms with Crippen molar-refractivity contribution in [1.82, 2.24) is 4.90 Å². The molecule has 0 radical (unpaired) electrons. The molecule has 19 heavy (non-hydrogen) atoms. The van der Waals surface area contributed by atoms with E-state index in [0.29, 0.717) is 18.7 Å². The van der Waals surface area contributed by atoms with Crippen LogP contribution in [0.15, 0.2) is 35.4 Å². The summed E-state index contributed by atoms with van der Waals surface area (Å²) >= 11 is 0. The number of carbonyl (C=O) groups is 1. The van der Waals surface area contributed by atoms with E-state index in [0.717, 1.165) is 0 Å². The molecule has 6 heteroatoms. The molecule has 0 unspecified atom stereocenters. The minimum absolute atomic E-state index is 0.0774. The van der Waals surface area contributed by atoms with E-state index in [1.165, 1.54) is 0 Å². The van der Waals surface area contributed by atoms with Crippen LogP contribution in [0.5, 0.6) is 0 Å². The molecule has 1 aliphatic heterocycles. The summed E-state index contributed by atoms with van der Waals surface area (Å²) in [7, 11) is 0. The highest BCUT2D eigenvalue weighted by Crippen LogP contribution is 2.27. The Kier molecular flexibility index (Phi) is 4.02. The van der Waals surface area contributed by atoms with Crippen molar-refractivity contribution in [1.29, 1.82) is 0 Å². The van der Waals surface area contributed by atoms with E-state index in [2.05, 4.69) is 10.0 Å². The standard InChI is InChI=1S/C13H15FN4O/c14-13(10-16-17-15)6-8-18(9-7-13)12(19)11-4-2-1-3-5-11/h1-5H,6-10H2. The molecule has 0 aliphatic carbocycles. The Morgan fingerprint density at radius 1 is 1.37 bits per heavy atom. The smallest absolute Gasteiger partial charge is 0.253 e. The third-order valence-corrected chi connectivity index (χ3v) is 3.38. The molecule has 5 nitrogen and oxygen atoms in total. The first-order valence-electron chi connectivity index (χ1n) is 6.19. The molecular weight excluding hydrogens is 247 g/mol. The molecule has 1 aliphatic rings. The molecule has 1 saturated heterocycles. The molecule has 0 N–H and O–H groups in total. The second-order valence-corrected chi connectivity index (χ2v) is 4.70. The van der Waals surface area contributed by atoms with Gasteiger partial charge in [-0.25, -0.2) is 4.39 Å². The predicted molar refractivity (Wildman–Crippen MR) is 69.4 cm³/mol. The van der Waals surface area contributed by atoms with Crippen LogP contribution in [0.1, 0.15) is 23.2 Å². The monoisotopic (exact) mass is 262 g/mol. The summed E-state index contributed by atoms with van der Waals surface area (Å²) in [6.07, 6.45) is 0.426. The number of likely N-dealkylation sites (tertiary alicyclic amines) is 1. The van der Waals surface area contributed by atoms with Gasteiger partial charge in [-0.2, -0.15) is 0 Å². The van der Waals surface area contributed by atoms with Crippen molar-refractivity contribution in [2.45, 2.75) is 18.5 Å². The molecular formula is C13H15FN4O. The van der Waals surface area contributed by atoms with Crippen molar-refractivity contribution in [3.8, 4) is 0 Å². The number of nitrogens with zero attached hydrogens (tertiary/aromatic N) is 4. The summed E-state index contributed by atoms with van der Waals surface area (Å²) in [4.78, 5) is 16.4. The number of benzene rings is 1. The fraction of sp³-hybridized carbons (Fsp3) is 0.462. The summed E-state index contributed by atoms with van der Waals surface area (Å²) in [5, 5.41) is 3.30. The summed E-state index contributed by atoms with van der Waals surface area (Å²) < 4.78 is 14.2. The summed E-state index contributed by atoms with van der Waals surface area (Å²) in [6, 6.07) is 8.95. The van der Waals surface area contributed by atoms with E-state index in [1.54, 1.807) is 29.2 Å². The second-order valence-electron chi connectivity index (χ2n) is 4.70. The second kappa shape index (κ2) is 5.71. The topological polar surface area (TPSA) is 69.1 Å². The lowest BCUT2D eigenvalue weighted by Gasteiger charge is -2.35. The van der Waals surface area contributed by atoms with Gasteiger partial charge in [-0.3, -0.25) is 4.79 Å². The van der Waals surface area contributed by atoms with Crippen LogP contribution < -0.4 is 0 Å². The van der Waals surface area contributed by atoms with Gasteiger partial charge in [-0.05, 0) is 30.5 Å². The summed E-state index contributed by atoms with van der Waals surface area (Å²) in [5.41, 5.74) is 7.37. The molecule has 2 rings (SSSR count). The van der Waals surface area contributed by atoms with Gasteiger partial charge in [0.05, 0.1) is 6.54 Å². The van der Waals surface area contributed by atoms with Crippen LogP contribution in [0.25, 0.3) is 10.4 Å². The van der Waals surface area contributed by atoms with E-state index in [9.17, 15) is 9.18 Å². The maximum atomic E-state index is 14.2. The Bertz CT molecular complexity index is 491. The number of halogens is 1. The first kappa shape index (κ1) is 13.4. The first-order chi connectivity index (χ1) is 9.14. The van der Waals surface area contributed by atoms with Gasteiger partial charge in [-0.15, -0.1) is 0 Å². The third kappa shape index (κ3) is 3.23. The number of hydrogen-bond donors (Lipinski definition) is 0. The lowest BCUT2D eigenvalue weighted by Crippen LogP contribution is -2.45. The highest BCUT2D eigenvalue weighted by atomic mass is 19.1. The van der Waals surface area contributed by atoms with Crippen molar-refractivity contribution in [3.05, 3.63) is 46.3 Å². The average Bonchev–Trinajstić information content (AvgIpc) is 2.46. The fourth-order valence-electron chi connectivity index (χ4n) is 2.19. The number of amides is 1. The summed E-state index contributed by atoms with van der Waals surface area (Å²) in [6.45, 7) is 0.549. The number of azide groups is 1. The van der Waals surface area contributed by atoms with Gasteiger partial charge in [0, 0.05) is 23.6 Å². The Labute approximate surface area is 110 Å². The quantitative estimate of drug-likeness (QED) is 0.469. The van der Waals surface area contributed by atoms with Crippen molar-refractivity contribution in [2.24, 2.45) is 5.11 Å². The van der Waals surface area contributed by atoms with Crippen LogP contribution in [0.2, 0.25) is 0 Å². The molecule has 100 valence electrons. The number of piperidine rings is 1. The number of hydrogen-bond acceptors (Lipinski definition) is 2. The molecule has 0 atom stereocenters. The van der Waals surface area contributed by atoms with Crippen LogP contribution in [-0.2, 0) is 0 Å². The van der Waals surface area contributed by atoms with Gasteiger partial charge in [0.15, 0.2) is 0 Å². The molecule has 0 saturated carbocycles. The van der Waals surface area contributed by atoms with Gasteiger partial charge in [0.1, 0.15) is 5.67 Å². The van der Waals surface area contributed by atoms with Gasteiger partial charge < -0.3 is 4.90 Å². The van der Waals surface area contributed by atoms with Crippen LogP contribution in [0, 0.1) is 0 Å². The van der Waals surface area contributed by atoms with E-state index >= 15 is 0 Å². The Morgan fingerprint density at radius 2 is 2.00 bits per heavy atom. The lowest BCUT2D eigenvalue weighted by atomic mass is 9.93. The Morgan fingerprint density at radius 3 is 2.58 bits per heavy atom. The molecule has 1 fully saturated rings. The van der Waals surface area contributed by atoms with Crippen LogP contribution in [-0.4, -0.2) is 36.1 Å². The molecule has 0 spiro atoms. The van der Waals surface area contributed by atoms with Gasteiger partial charge >= 0.3 is 0 Å². The predicted octanol–water partition coefficient (Wildman–Crippen LogP) is 2.94. The zero-order valence-electron chi connectivity index (χ0n) is 10.5. The zero-order valence-corrected chi connectivity index (χ0v) is 10.5. The normalized spacial score (nSPS) is 17.6. The molecule has 1 amide bonds. The van der Waals surface area contributed by atoms with Crippen molar-refractivity contribution >= 4 is 5.91 Å². The fourth-order valence-corrected chi connectivity index (χ4v) is 2.19. The molecule has 0 aromatic heterocycles. The van der Waals surface area contributed by atoms with Gasteiger partial charge in [0.25, 0.3) is 5.91 Å². The minimum Gasteiger partial charge on any atom is -0.338 e. The van der Waals surface area contributed by atoms with Crippen LogP contribution in [0.3, 0.4) is 0 Å². The van der Waals surface area contributed by atoms with Crippen molar-refractivity contribution in [3.63, 3.8) is 0 Å². The molecule has 1 aromatic rings. The lowest BCUT2D eigenvalue weighted by molar-refractivity contribution is 0.0469. The Balaban J connectivity index is 1.97. The molecule has 1 aromatic carbocycles. The molecule has 1 heterocycles. The number of carbonyl (C=O) groups excluding carboxylic acids is 1. The average molecular weight is 262 g/mol. The van der Waals surface area contributed by atoms with Crippen molar-refractivity contribution < 1.29 is 9.18 Å². The highest BCUT2D eigenvalue weighted by Gasteiger charge is 2.35. The third-order valence-electron chi connectivity index (χ3n) is 3.38. The van der Waals surface area contributed by atoms with E-state index in [-0.39, 0.29) is 25.3 Å². The van der Waals surface area contributed by atoms with Crippen LogP contribution >= 0.6 is 0 Å². The largest absolute Gasteiger partial charge is 0.338 e. The van der Waals surface area contributed by atoms with Gasteiger partial charge in [-0.1, -0.05) is 23.3 Å². The summed E-state index contributed by atoms with van der Waals surface area (Å²) in [5.74, 6) is -0.0774. The maximum Gasteiger partial charge on any atom is 0.253 e. The Hall–Kier alpha value is -2.07. The number of alkyl halides is 1. The SMILES string of the molecule is [N-]=[N+]=NCC1(F)CCN(C(=O)c2ccccc2)CC1. The molecule has 0 bridgehead atoms. The highest BCUT2D eigenvalue weighted by molar-refractivity contribution is 5.94. The van der Waals surface area contributed by atoms with Crippen LogP contribution in [0.4, 0.5) is 4.39 Å². The number of rotatable bonds is 3. The van der Waals surface area contributed by atoms with E-state index in [1.807, 2.05) is 6.07 Å².